The molecule has 0 aliphatic heterocycles. The number of ketones is 2. The topological polar surface area (TPSA) is 63.2 Å². The largest absolute Gasteiger partial charge is 0.348 e. The van der Waals surface area contributed by atoms with Crippen LogP contribution < -0.4 is 5.32 Å². The molecule has 1 N–H and O–H groups in total. The molecule has 0 saturated heterocycles. The lowest BCUT2D eigenvalue weighted by atomic mass is 9.95. The van der Waals surface area contributed by atoms with E-state index in [1.165, 1.54) is 13.8 Å². The van der Waals surface area contributed by atoms with Gasteiger partial charge in [-0.2, -0.15) is 0 Å². The van der Waals surface area contributed by atoms with E-state index >= 15 is 0 Å². The first-order valence-electron chi connectivity index (χ1n) is 5.82. The Kier molecular flexibility index (Phi) is 5.24. The van der Waals surface area contributed by atoms with Gasteiger partial charge < -0.3 is 5.32 Å². The van der Waals surface area contributed by atoms with Crippen LogP contribution in [0, 0.1) is 5.92 Å². The Hall–Kier alpha value is -1.97. The summed E-state index contributed by atoms with van der Waals surface area (Å²) in [7, 11) is 0. The summed E-state index contributed by atoms with van der Waals surface area (Å²) in [4.78, 5) is 34.1. The number of carbonyl (C=O) groups excluding carboxylic acids is 3. The van der Waals surface area contributed by atoms with Crippen LogP contribution in [0.2, 0.25) is 0 Å². The predicted octanol–water partition coefficient (Wildman–Crippen LogP) is 1.14. The van der Waals surface area contributed by atoms with Gasteiger partial charge in [0, 0.05) is 0 Å². The SMILES string of the molecule is CC(=O)CNC(=O)C(Cc1ccccc1)C(C)=O. The first kappa shape index (κ1) is 14.1. The van der Waals surface area contributed by atoms with Gasteiger partial charge in [-0.1, -0.05) is 30.3 Å². The average Bonchev–Trinajstić information content (AvgIpc) is 2.34. The number of hydrogen-bond donors (Lipinski definition) is 1. The van der Waals surface area contributed by atoms with Crippen LogP contribution in [-0.4, -0.2) is 24.0 Å². The highest BCUT2D eigenvalue weighted by atomic mass is 16.2. The van der Waals surface area contributed by atoms with E-state index in [9.17, 15) is 14.4 Å². The van der Waals surface area contributed by atoms with Gasteiger partial charge in [-0.05, 0) is 25.8 Å². The molecule has 0 fully saturated rings. The van der Waals surface area contributed by atoms with E-state index in [1.54, 1.807) is 0 Å². The third-order valence-electron chi connectivity index (χ3n) is 2.60. The Bertz CT molecular complexity index is 440. The molecule has 4 nitrogen and oxygen atoms in total. The van der Waals surface area contributed by atoms with Crippen molar-refractivity contribution in [3.63, 3.8) is 0 Å². The molecule has 0 heterocycles. The van der Waals surface area contributed by atoms with Crippen LogP contribution in [0.15, 0.2) is 30.3 Å². The minimum atomic E-state index is -0.730. The number of carbonyl (C=O) groups is 3. The Morgan fingerprint density at radius 1 is 1.11 bits per heavy atom. The molecule has 0 aliphatic carbocycles. The summed E-state index contributed by atoms with van der Waals surface area (Å²) in [6.45, 7) is 2.75. The zero-order valence-electron chi connectivity index (χ0n) is 10.6. The van der Waals surface area contributed by atoms with Crippen molar-refractivity contribution in [3.8, 4) is 0 Å². The maximum absolute atomic E-state index is 11.8. The molecule has 1 atom stereocenters. The Balaban J connectivity index is 2.68. The van der Waals surface area contributed by atoms with Gasteiger partial charge in [-0.3, -0.25) is 14.4 Å². The van der Waals surface area contributed by atoms with E-state index in [1.807, 2.05) is 30.3 Å². The van der Waals surface area contributed by atoms with Gasteiger partial charge in [0.25, 0.3) is 0 Å². The van der Waals surface area contributed by atoms with E-state index in [-0.39, 0.29) is 24.0 Å². The maximum Gasteiger partial charge on any atom is 0.231 e. The number of rotatable bonds is 6. The van der Waals surface area contributed by atoms with Gasteiger partial charge in [-0.15, -0.1) is 0 Å². The van der Waals surface area contributed by atoms with Crippen LogP contribution in [0.4, 0.5) is 0 Å². The minimum Gasteiger partial charge on any atom is -0.348 e. The number of benzene rings is 1. The summed E-state index contributed by atoms with van der Waals surface area (Å²) in [5.74, 6) is -1.45. The monoisotopic (exact) mass is 247 g/mol. The molecule has 0 bridgehead atoms. The molecule has 1 amide bonds. The first-order chi connectivity index (χ1) is 8.50. The molecule has 0 spiro atoms. The molecule has 18 heavy (non-hydrogen) atoms. The second-order valence-electron chi connectivity index (χ2n) is 4.27. The van der Waals surface area contributed by atoms with Gasteiger partial charge >= 0.3 is 0 Å². The van der Waals surface area contributed by atoms with Crippen molar-refractivity contribution in [2.75, 3.05) is 6.54 Å². The molecule has 1 aromatic rings. The van der Waals surface area contributed by atoms with Crippen molar-refractivity contribution in [2.45, 2.75) is 20.3 Å². The minimum absolute atomic E-state index is 0.0304. The third-order valence-corrected chi connectivity index (χ3v) is 2.60. The Morgan fingerprint density at radius 3 is 2.22 bits per heavy atom. The Morgan fingerprint density at radius 2 is 1.72 bits per heavy atom. The van der Waals surface area contributed by atoms with Crippen LogP contribution >= 0.6 is 0 Å². The first-order valence-corrected chi connectivity index (χ1v) is 5.82. The molecular weight excluding hydrogens is 230 g/mol. The summed E-state index contributed by atoms with van der Waals surface area (Å²) >= 11 is 0. The van der Waals surface area contributed by atoms with Crippen LogP contribution in [0.5, 0.6) is 0 Å². The molecule has 1 unspecified atom stereocenters. The van der Waals surface area contributed by atoms with E-state index in [0.717, 1.165) is 5.56 Å². The standard InChI is InChI=1S/C14H17NO3/c1-10(16)9-15-14(18)13(11(2)17)8-12-6-4-3-5-7-12/h3-7,13H,8-9H2,1-2H3,(H,15,18). The molecular formula is C14H17NO3. The van der Waals surface area contributed by atoms with Crippen molar-refractivity contribution in [1.29, 1.82) is 0 Å². The molecule has 96 valence electrons. The molecule has 0 aromatic heterocycles. The highest BCUT2D eigenvalue weighted by molar-refractivity contribution is 6.01. The lowest BCUT2D eigenvalue weighted by Gasteiger charge is -2.13. The van der Waals surface area contributed by atoms with E-state index in [4.69, 9.17) is 0 Å². The van der Waals surface area contributed by atoms with Gasteiger partial charge in [0.05, 0.1) is 6.54 Å². The molecule has 0 saturated carbocycles. The fourth-order valence-corrected chi connectivity index (χ4v) is 1.61. The van der Waals surface area contributed by atoms with Crippen molar-refractivity contribution in [1.82, 2.24) is 5.32 Å². The van der Waals surface area contributed by atoms with Gasteiger partial charge in [0.2, 0.25) is 5.91 Å². The van der Waals surface area contributed by atoms with Crippen LogP contribution in [0.1, 0.15) is 19.4 Å². The zero-order valence-corrected chi connectivity index (χ0v) is 10.6. The average molecular weight is 247 g/mol. The predicted molar refractivity (Wildman–Crippen MR) is 68.0 cm³/mol. The van der Waals surface area contributed by atoms with Crippen LogP contribution in [-0.2, 0) is 20.8 Å². The summed E-state index contributed by atoms with van der Waals surface area (Å²) in [5.41, 5.74) is 0.927. The number of amides is 1. The summed E-state index contributed by atoms with van der Waals surface area (Å²) < 4.78 is 0. The van der Waals surface area contributed by atoms with E-state index in [0.29, 0.717) is 6.42 Å². The van der Waals surface area contributed by atoms with Crippen LogP contribution in [0.25, 0.3) is 0 Å². The van der Waals surface area contributed by atoms with Crippen LogP contribution in [0.3, 0.4) is 0 Å². The fourth-order valence-electron chi connectivity index (χ4n) is 1.61. The molecule has 0 aliphatic rings. The van der Waals surface area contributed by atoms with E-state index < -0.39 is 5.92 Å². The third kappa shape index (κ3) is 4.49. The molecule has 0 radical (unpaired) electrons. The highest BCUT2D eigenvalue weighted by Gasteiger charge is 2.23. The lowest BCUT2D eigenvalue weighted by Crippen LogP contribution is -2.38. The summed E-state index contributed by atoms with van der Waals surface area (Å²) in [5, 5.41) is 2.47. The number of hydrogen-bond acceptors (Lipinski definition) is 3. The van der Waals surface area contributed by atoms with Crippen molar-refractivity contribution < 1.29 is 14.4 Å². The van der Waals surface area contributed by atoms with Crippen molar-refractivity contribution >= 4 is 17.5 Å². The maximum atomic E-state index is 11.8. The van der Waals surface area contributed by atoms with Gasteiger partial charge in [0.1, 0.15) is 17.5 Å². The van der Waals surface area contributed by atoms with Gasteiger partial charge in [-0.25, -0.2) is 0 Å². The lowest BCUT2D eigenvalue weighted by molar-refractivity contribution is -0.134. The van der Waals surface area contributed by atoms with Gasteiger partial charge in [0.15, 0.2) is 0 Å². The van der Waals surface area contributed by atoms with Crippen molar-refractivity contribution in [2.24, 2.45) is 5.92 Å². The second kappa shape index (κ2) is 6.69. The Labute approximate surface area is 106 Å². The molecule has 4 heteroatoms. The summed E-state index contributed by atoms with van der Waals surface area (Å²) in [6, 6.07) is 9.34. The zero-order chi connectivity index (χ0) is 13.5. The summed E-state index contributed by atoms with van der Waals surface area (Å²) in [6.07, 6.45) is 0.361. The smallest absolute Gasteiger partial charge is 0.231 e. The number of nitrogens with one attached hydrogen (secondary N) is 1. The molecule has 1 aromatic carbocycles. The quantitative estimate of drug-likeness (QED) is 0.767. The van der Waals surface area contributed by atoms with Crippen molar-refractivity contribution in [3.05, 3.63) is 35.9 Å². The molecule has 1 rings (SSSR count). The van der Waals surface area contributed by atoms with E-state index in [2.05, 4.69) is 5.32 Å². The normalized spacial score (nSPS) is 11.7. The number of Topliss-reactive ketones (excluding diaryl/α,β-unsaturated/α-hetero) is 2. The highest BCUT2D eigenvalue weighted by Crippen LogP contribution is 2.10. The second-order valence-corrected chi connectivity index (χ2v) is 4.27. The fraction of sp³-hybridized carbons (Fsp3) is 0.357.